The maximum atomic E-state index is 12.8. The van der Waals surface area contributed by atoms with E-state index < -0.39 is 0 Å². The highest BCUT2D eigenvalue weighted by Crippen LogP contribution is 2.34. The molecule has 2 aliphatic heterocycles. The molecular formula is C23H31N3O2. The zero-order valence-electron chi connectivity index (χ0n) is 16.8. The number of nitrogens with zero attached hydrogens (tertiary/aromatic N) is 2. The lowest BCUT2D eigenvalue weighted by molar-refractivity contribution is -0.131. The molecule has 0 saturated heterocycles. The van der Waals surface area contributed by atoms with Crippen LogP contribution in [0.3, 0.4) is 0 Å². The van der Waals surface area contributed by atoms with Crippen molar-refractivity contribution in [1.29, 1.82) is 0 Å². The van der Waals surface area contributed by atoms with E-state index in [4.69, 9.17) is 0 Å². The third-order valence-electron chi connectivity index (χ3n) is 5.73. The predicted molar refractivity (Wildman–Crippen MR) is 112 cm³/mol. The number of amides is 2. The van der Waals surface area contributed by atoms with Crippen molar-refractivity contribution >= 4 is 11.8 Å². The fraction of sp³-hybridized carbons (Fsp3) is 0.478. The van der Waals surface area contributed by atoms with Crippen molar-refractivity contribution in [2.45, 2.75) is 32.6 Å². The third-order valence-corrected chi connectivity index (χ3v) is 5.73. The summed E-state index contributed by atoms with van der Waals surface area (Å²) in [4.78, 5) is 29.5. The second-order valence-corrected chi connectivity index (χ2v) is 7.51. The summed E-state index contributed by atoms with van der Waals surface area (Å²) >= 11 is 0. The molecule has 5 nitrogen and oxygen atoms in total. The Kier molecular flexibility index (Phi) is 7.04. The number of carbonyl (C=O) groups is 2. The number of fused-ring (bicyclic) bond motifs is 2. The predicted octanol–water partition coefficient (Wildman–Crippen LogP) is 2.95. The Morgan fingerprint density at radius 1 is 1.36 bits per heavy atom. The zero-order valence-corrected chi connectivity index (χ0v) is 16.8. The first kappa shape index (κ1) is 20.3. The molecule has 1 N–H and O–H groups in total. The number of rotatable bonds is 8. The van der Waals surface area contributed by atoms with Gasteiger partial charge in [0.05, 0.1) is 0 Å². The minimum atomic E-state index is -0.0242. The molecule has 2 amide bonds. The maximum absolute atomic E-state index is 12.8. The normalized spacial score (nSPS) is 21.1. The summed E-state index contributed by atoms with van der Waals surface area (Å²) in [5.74, 6) is 0.173. The lowest BCUT2D eigenvalue weighted by Gasteiger charge is -2.37. The highest BCUT2D eigenvalue weighted by atomic mass is 16.2. The molecule has 3 aliphatic rings. The zero-order chi connectivity index (χ0) is 19.9. The van der Waals surface area contributed by atoms with Crippen LogP contribution in [0.1, 0.15) is 32.6 Å². The van der Waals surface area contributed by atoms with Crippen LogP contribution in [0.15, 0.2) is 59.9 Å². The molecule has 3 rings (SSSR count). The van der Waals surface area contributed by atoms with Gasteiger partial charge in [0.2, 0.25) is 5.91 Å². The molecule has 28 heavy (non-hydrogen) atoms. The van der Waals surface area contributed by atoms with Crippen molar-refractivity contribution in [3.8, 4) is 0 Å². The van der Waals surface area contributed by atoms with Gasteiger partial charge in [-0.1, -0.05) is 43.4 Å². The van der Waals surface area contributed by atoms with Gasteiger partial charge in [0, 0.05) is 49.7 Å². The highest BCUT2D eigenvalue weighted by molar-refractivity contribution is 5.98. The van der Waals surface area contributed by atoms with E-state index in [9.17, 15) is 9.59 Å². The molecule has 1 atom stereocenters. The molecule has 2 heterocycles. The monoisotopic (exact) mass is 381 g/mol. The summed E-state index contributed by atoms with van der Waals surface area (Å²) in [5.41, 5.74) is 2.93. The fourth-order valence-corrected chi connectivity index (χ4v) is 4.08. The molecule has 5 heteroatoms. The second kappa shape index (κ2) is 9.69. The number of nitrogens with one attached hydrogen (secondary N) is 1. The highest BCUT2D eigenvalue weighted by Gasteiger charge is 2.35. The molecule has 150 valence electrons. The van der Waals surface area contributed by atoms with Crippen molar-refractivity contribution in [3.05, 3.63) is 59.9 Å². The molecule has 0 saturated carbocycles. The van der Waals surface area contributed by atoms with E-state index >= 15 is 0 Å². The van der Waals surface area contributed by atoms with Gasteiger partial charge in [-0.05, 0) is 31.5 Å². The minimum absolute atomic E-state index is 0.0149. The Bertz CT molecular complexity index is 745. The summed E-state index contributed by atoms with van der Waals surface area (Å²) in [7, 11) is 0. The van der Waals surface area contributed by atoms with Crippen LogP contribution in [0.2, 0.25) is 0 Å². The van der Waals surface area contributed by atoms with Crippen LogP contribution in [0.5, 0.6) is 0 Å². The van der Waals surface area contributed by atoms with E-state index in [2.05, 4.69) is 29.8 Å². The molecular weight excluding hydrogens is 350 g/mol. The van der Waals surface area contributed by atoms with Crippen LogP contribution < -0.4 is 5.32 Å². The van der Waals surface area contributed by atoms with Gasteiger partial charge in [-0.2, -0.15) is 0 Å². The van der Waals surface area contributed by atoms with Crippen molar-refractivity contribution in [2.24, 2.45) is 5.92 Å². The number of carbonyl (C=O) groups excluding carboxylic acids is 2. The molecule has 0 bridgehead atoms. The van der Waals surface area contributed by atoms with Crippen molar-refractivity contribution in [2.75, 3.05) is 32.7 Å². The summed E-state index contributed by atoms with van der Waals surface area (Å²) in [5, 5.41) is 3.04. The van der Waals surface area contributed by atoms with Gasteiger partial charge in [-0.3, -0.25) is 9.59 Å². The van der Waals surface area contributed by atoms with E-state index in [1.54, 1.807) is 0 Å². The number of hydrogen-bond acceptors (Lipinski definition) is 3. The van der Waals surface area contributed by atoms with Gasteiger partial charge in [-0.15, -0.1) is 6.58 Å². The van der Waals surface area contributed by atoms with Crippen LogP contribution >= 0.6 is 0 Å². The summed E-state index contributed by atoms with van der Waals surface area (Å²) < 4.78 is 0. The van der Waals surface area contributed by atoms with Crippen LogP contribution in [0.4, 0.5) is 0 Å². The quantitative estimate of drug-likeness (QED) is 0.658. The smallest absolute Gasteiger partial charge is 0.252 e. The van der Waals surface area contributed by atoms with Crippen LogP contribution in [0, 0.1) is 5.92 Å². The summed E-state index contributed by atoms with van der Waals surface area (Å²) in [6.07, 6.45) is 14.9. The third kappa shape index (κ3) is 4.71. The van der Waals surface area contributed by atoms with Gasteiger partial charge >= 0.3 is 0 Å². The van der Waals surface area contributed by atoms with E-state index in [1.165, 1.54) is 0 Å². The molecule has 0 aromatic carbocycles. The van der Waals surface area contributed by atoms with Crippen molar-refractivity contribution < 1.29 is 9.59 Å². The first-order valence-corrected chi connectivity index (χ1v) is 10.3. The van der Waals surface area contributed by atoms with Gasteiger partial charge in [0.1, 0.15) is 0 Å². The number of allylic oxidation sites excluding steroid dienone is 5. The lowest BCUT2D eigenvalue weighted by Crippen LogP contribution is -2.45. The fourth-order valence-electron chi connectivity index (χ4n) is 4.08. The molecule has 0 spiro atoms. The Balaban J connectivity index is 1.58. The Morgan fingerprint density at radius 3 is 3.00 bits per heavy atom. The average Bonchev–Trinajstić information content (AvgIpc) is 2.97. The maximum Gasteiger partial charge on any atom is 0.252 e. The SMILES string of the molecule is C=CCCN(CC)CCCC(=O)N1CCC2=C(C1)C1C=CC=CC=C1C(=O)N2. The van der Waals surface area contributed by atoms with E-state index in [-0.39, 0.29) is 17.7 Å². The first-order chi connectivity index (χ1) is 13.6. The largest absolute Gasteiger partial charge is 0.338 e. The van der Waals surface area contributed by atoms with Gasteiger partial charge in [0.25, 0.3) is 5.91 Å². The lowest BCUT2D eigenvalue weighted by atomic mass is 9.83. The van der Waals surface area contributed by atoms with E-state index in [1.807, 2.05) is 35.3 Å². The molecule has 1 unspecified atom stereocenters. The molecule has 0 radical (unpaired) electrons. The number of hydrogen-bond donors (Lipinski definition) is 1. The summed E-state index contributed by atoms with van der Waals surface area (Å²) in [6, 6.07) is 0. The summed E-state index contributed by atoms with van der Waals surface area (Å²) in [6.45, 7) is 10.2. The van der Waals surface area contributed by atoms with Gasteiger partial charge in [0.15, 0.2) is 0 Å². The van der Waals surface area contributed by atoms with Crippen LogP contribution in [-0.2, 0) is 9.59 Å². The van der Waals surface area contributed by atoms with E-state index in [0.29, 0.717) is 19.5 Å². The second-order valence-electron chi connectivity index (χ2n) is 7.51. The van der Waals surface area contributed by atoms with Crippen LogP contribution in [0.25, 0.3) is 0 Å². The standard InChI is InChI=1S/C23H31N3O2/c1-3-5-14-25(4-2)15-9-12-22(27)26-16-13-21-20(17-26)18-10-7-6-8-11-19(18)23(28)24-21/h3,6-8,10-11,18H,1,4-5,9,12-17H2,2H3,(H,24,28). The van der Waals surface area contributed by atoms with Crippen molar-refractivity contribution in [3.63, 3.8) is 0 Å². The van der Waals surface area contributed by atoms with Crippen molar-refractivity contribution in [1.82, 2.24) is 15.1 Å². The Morgan fingerprint density at radius 2 is 2.21 bits per heavy atom. The van der Waals surface area contributed by atoms with E-state index in [0.717, 1.165) is 55.7 Å². The molecule has 0 fully saturated rings. The first-order valence-electron chi connectivity index (χ1n) is 10.3. The Labute approximate surface area is 168 Å². The van der Waals surface area contributed by atoms with Gasteiger partial charge in [-0.25, -0.2) is 0 Å². The Hall–Kier alpha value is -2.40. The molecule has 0 aromatic heterocycles. The molecule has 1 aliphatic carbocycles. The minimum Gasteiger partial charge on any atom is -0.338 e. The average molecular weight is 382 g/mol. The van der Waals surface area contributed by atoms with Gasteiger partial charge < -0.3 is 15.1 Å². The van der Waals surface area contributed by atoms with Crippen LogP contribution in [-0.4, -0.2) is 54.3 Å². The molecule has 0 aromatic rings. The topological polar surface area (TPSA) is 52.7 Å².